The Morgan fingerprint density at radius 1 is 1.35 bits per heavy atom. The molecule has 3 nitrogen and oxygen atoms in total. The summed E-state index contributed by atoms with van der Waals surface area (Å²) in [7, 11) is 0. The van der Waals surface area contributed by atoms with Gasteiger partial charge in [-0.25, -0.2) is 0 Å². The normalized spacial score (nSPS) is 30.9. The second-order valence-electron chi connectivity index (χ2n) is 5.90. The van der Waals surface area contributed by atoms with Gasteiger partial charge in [-0.1, -0.05) is 13.8 Å². The predicted molar refractivity (Wildman–Crippen MR) is 71.6 cm³/mol. The molecular formula is C14H28N2O. The summed E-state index contributed by atoms with van der Waals surface area (Å²) in [6.07, 6.45) is 5.99. The average Bonchev–Trinajstić information content (AvgIpc) is 2.23. The van der Waals surface area contributed by atoms with Crippen LogP contribution >= 0.6 is 0 Å². The lowest BCUT2D eigenvalue weighted by molar-refractivity contribution is -0.122. The molecule has 0 bridgehead atoms. The van der Waals surface area contributed by atoms with E-state index in [4.69, 9.17) is 5.73 Å². The average molecular weight is 240 g/mol. The minimum Gasteiger partial charge on any atom is -0.353 e. The first-order valence-corrected chi connectivity index (χ1v) is 7.04. The van der Waals surface area contributed by atoms with Crippen molar-refractivity contribution in [2.24, 2.45) is 17.6 Å². The number of rotatable bonds is 5. The van der Waals surface area contributed by atoms with E-state index in [2.05, 4.69) is 19.2 Å². The van der Waals surface area contributed by atoms with E-state index in [0.29, 0.717) is 12.5 Å². The first-order valence-electron chi connectivity index (χ1n) is 7.04. The first-order chi connectivity index (χ1) is 7.99. The molecular weight excluding hydrogens is 212 g/mol. The maximum absolute atomic E-state index is 11.7. The van der Waals surface area contributed by atoms with Gasteiger partial charge in [0.05, 0.1) is 0 Å². The zero-order chi connectivity index (χ0) is 12.8. The third-order valence-electron chi connectivity index (χ3n) is 4.03. The number of nitrogens with two attached hydrogens (primary N) is 1. The molecule has 17 heavy (non-hydrogen) atoms. The molecule has 1 aliphatic carbocycles. The van der Waals surface area contributed by atoms with E-state index in [9.17, 15) is 4.79 Å². The third-order valence-corrected chi connectivity index (χ3v) is 4.03. The van der Waals surface area contributed by atoms with Crippen LogP contribution in [0.15, 0.2) is 0 Å². The smallest absolute Gasteiger partial charge is 0.220 e. The molecule has 4 unspecified atom stereocenters. The maximum Gasteiger partial charge on any atom is 0.220 e. The molecule has 3 heteroatoms. The molecule has 0 aromatic carbocycles. The van der Waals surface area contributed by atoms with Crippen LogP contribution in [0.1, 0.15) is 59.3 Å². The molecule has 4 atom stereocenters. The molecule has 1 amide bonds. The van der Waals surface area contributed by atoms with Gasteiger partial charge >= 0.3 is 0 Å². The van der Waals surface area contributed by atoms with Crippen LogP contribution in [0.4, 0.5) is 0 Å². The SMILES string of the molecule is CC(N)CCCC(=O)NC1CCC(C)C(C)C1. The zero-order valence-electron chi connectivity index (χ0n) is 11.5. The van der Waals surface area contributed by atoms with Crippen LogP contribution in [0.5, 0.6) is 0 Å². The number of carbonyl (C=O) groups excluding carboxylic acids is 1. The van der Waals surface area contributed by atoms with Crippen molar-refractivity contribution in [1.29, 1.82) is 0 Å². The lowest BCUT2D eigenvalue weighted by Crippen LogP contribution is -2.39. The van der Waals surface area contributed by atoms with Crippen molar-refractivity contribution < 1.29 is 4.79 Å². The highest BCUT2D eigenvalue weighted by Crippen LogP contribution is 2.29. The molecule has 0 spiro atoms. The summed E-state index contributed by atoms with van der Waals surface area (Å²) < 4.78 is 0. The van der Waals surface area contributed by atoms with E-state index in [1.807, 2.05) is 6.92 Å². The van der Waals surface area contributed by atoms with Crippen molar-refractivity contribution in [3.8, 4) is 0 Å². The summed E-state index contributed by atoms with van der Waals surface area (Å²) in [5, 5.41) is 3.16. The highest BCUT2D eigenvalue weighted by Gasteiger charge is 2.25. The highest BCUT2D eigenvalue weighted by atomic mass is 16.1. The number of nitrogens with one attached hydrogen (secondary N) is 1. The van der Waals surface area contributed by atoms with Crippen LogP contribution in [0, 0.1) is 11.8 Å². The van der Waals surface area contributed by atoms with Crippen LogP contribution in [0.25, 0.3) is 0 Å². The first kappa shape index (κ1) is 14.5. The van der Waals surface area contributed by atoms with Gasteiger partial charge in [0.15, 0.2) is 0 Å². The summed E-state index contributed by atoms with van der Waals surface area (Å²) in [6, 6.07) is 0.613. The van der Waals surface area contributed by atoms with Gasteiger partial charge < -0.3 is 11.1 Å². The van der Waals surface area contributed by atoms with Crippen LogP contribution in [-0.4, -0.2) is 18.0 Å². The lowest BCUT2D eigenvalue weighted by atomic mass is 9.79. The Bertz CT molecular complexity index is 240. The topological polar surface area (TPSA) is 55.1 Å². The maximum atomic E-state index is 11.7. The molecule has 100 valence electrons. The Balaban J connectivity index is 2.18. The van der Waals surface area contributed by atoms with E-state index in [1.54, 1.807) is 0 Å². The largest absolute Gasteiger partial charge is 0.353 e. The molecule has 1 saturated carbocycles. The summed E-state index contributed by atoms with van der Waals surface area (Å²) in [5.74, 6) is 1.75. The summed E-state index contributed by atoms with van der Waals surface area (Å²) in [4.78, 5) is 11.7. The van der Waals surface area contributed by atoms with Crippen molar-refractivity contribution in [3.05, 3.63) is 0 Å². The van der Waals surface area contributed by atoms with Crippen molar-refractivity contribution in [3.63, 3.8) is 0 Å². The Kier molecular flexibility index (Phi) is 5.96. The van der Waals surface area contributed by atoms with Crippen LogP contribution in [-0.2, 0) is 4.79 Å². The Morgan fingerprint density at radius 2 is 2.06 bits per heavy atom. The number of carbonyl (C=O) groups is 1. The van der Waals surface area contributed by atoms with Crippen LogP contribution < -0.4 is 11.1 Å². The Labute approximate surface area is 106 Å². The third kappa shape index (κ3) is 5.53. The molecule has 1 aliphatic rings. The molecule has 1 fully saturated rings. The van der Waals surface area contributed by atoms with Gasteiger partial charge in [-0.05, 0) is 50.9 Å². The quantitative estimate of drug-likeness (QED) is 0.775. The van der Waals surface area contributed by atoms with Crippen LogP contribution in [0.3, 0.4) is 0 Å². The fourth-order valence-electron chi connectivity index (χ4n) is 2.56. The molecule has 0 aromatic rings. The van der Waals surface area contributed by atoms with Gasteiger partial charge in [0.1, 0.15) is 0 Å². The van der Waals surface area contributed by atoms with Crippen molar-refractivity contribution in [1.82, 2.24) is 5.32 Å². The minimum absolute atomic E-state index is 0.206. The van der Waals surface area contributed by atoms with Gasteiger partial charge in [0, 0.05) is 18.5 Å². The fraction of sp³-hybridized carbons (Fsp3) is 0.929. The molecule has 0 aromatic heterocycles. The second-order valence-corrected chi connectivity index (χ2v) is 5.90. The van der Waals surface area contributed by atoms with Crippen molar-refractivity contribution in [2.45, 2.75) is 71.4 Å². The molecule has 0 saturated heterocycles. The molecule has 0 heterocycles. The zero-order valence-corrected chi connectivity index (χ0v) is 11.5. The van der Waals surface area contributed by atoms with E-state index >= 15 is 0 Å². The fourth-order valence-corrected chi connectivity index (χ4v) is 2.56. The van der Waals surface area contributed by atoms with Gasteiger partial charge in [-0.2, -0.15) is 0 Å². The minimum atomic E-state index is 0.206. The molecule has 3 N–H and O–H groups in total. The van der Waals surface area contributed by atoms with Crippen LogP contribution in [0.2, 0.25) is 0 Å². The van der Waals surface area contributed by atoms with E-state index in [0.717, 1.165) is 37.5 Å². The van der Waals surface area contributed by atoms with E-state index in [1.165, 1.54) is 6.42 Å². The van der Waals surface area contributed by atoms with E-state index in [-0.39, 0.29) is 11.9 Å². The number of hydrogen-bond acceptors (Lipinski definition) is 2. The summed E-state index contributed by atoms with van der Waals surface area (Å²) in [5.41, 5.74) is 5.66. The van der Waals surface area contributed by atoms with Gasteiger partial charge in [0.25, 0.3) is 0 Å². The Morgan fingerprint density at radius 3 is 2.65 bits per heavy atom. The van der Waals surface area contributed by atoms with Gasteiger partial charge in [-0.15, -0.1) is 0 Å². The predicted octanol–water partition coefficient (Wildman–Crippen LogP) is 2.44. The summed E-state index contributed by atoms with van der Waals surface area (Å²) >= 11 is 0. The second kappa shape index (κ2) is 7.00. The highest BCUT2D eigenvalue weighted by molar-refractivity contribution is 5.76. The molecule has 0 aliphatic heterocycles. The van der Waals surface area contributed by atoms with Crippen molar-refractivity contribution >= 4 is 5.91 Å². The standard InChI is InChI=1S/C14H28N2O/c1-10-7-8-13(9-11(10)2)16-14(17)6-4-5-12(3)15/h10-13H,4-9,15H2,1-3H3,(H,16,17). The lowest BCUT2D eigenvalue weighted by Gasteiger charge is -2.32. The monoisotopic (exact) mass is 240 g/mol. The van der Waals surface area contributed by atoms with E-state index < -0.39 is 0 Å². The summed E-state index contributed by atoms with van der Waals surface area (Å²) in [6.45, 7) is 6.59. The number of amides is 1. The van der Waals surface area contributed by atoms with Gasteiger partial charge in [-0.3, -0.25) is 4.79 Å². The van der Waals surface area contributed by atoms with Crippen molar-refractivity contribution in [2.75, 3.05) is 0 Å². The number of hydrogen-bond donors (Lipinski definition) is 2. The Hall–Kier alpha value is -0.570. The molecule has 0 radical (unpaired) electrons. The molecule has 1 rings (SSSR count). The van der Waals surface area contributed by atoms with Gasteiger partial charge in [0.2, 0.25) is 5.91 Å².